The van der Waals surface area contributed by atoms with Crippen molar-refractivity contribution in [1.82, 2.24) is 14.9 Å². The molecule has 2 aliphatic heterocycles. The van der Waals surface area contributed by atoms with Crippen molar-refractivity contribution in [3.05, 3.63) is 18.0 Å². The second-order valence-corrected chi connectivity index (χ2v) is 8.12. The molecular formula is C20H30N4O. The lowest BCUT2D eigenvalue weighted by atomic mass is 9.78. The number of rotatable bonds is 4. The lowest BCUT2D eigenvalue weighted by Gasteiger charge is -2.40. The van der Waals surface area contributed by atoms with Gasteiger partial charge in [0, 0.05) is 43.5 Å². The summed E-state index contributed by atoms with van der Waals surface area (Å²) in [5.41, 5.74) is 1.25. The van der Waals surface area contributed by atoms with E-state index in [4.69, 9.17) is 9.97 Å². The average Bonchev–Trinajstić information content (AvgIpc) is 2.91. The van der Waals surface area contributed by atoms with Gasteiger partial charge in [-0.15, -0.1) is 0 Å². The number of hydrogen-bond acceptors (Lipinski definition) is 5. The summed E-state index contributed by atoms with van der Waals surface area (Å²) < 4.78 is 0. The third-order valence-corrected chi connectivity index (χ3v) is 6.67. The standard InChI is InChI=1S/C20H30N4O/c1-3-23-12-18-8-9-19(13-23)24(18)20-21-10-17(11-22-20)16-6-4-15(5-7-16)14(2)25/h10-11,15-16,18-19H,3-9,12-13H2,1-2H3/t15-,16+,18?,19?. The van der Waals surface area contributed by atoms with Gasteiger partial charge in [0.15, 0.2) is 0 Å². The monoisotopic (exact) mass is 342 g/mol. The molecule has 0 amide bonds. The minimum absolute atomic E-state index is 0.280. The first-order valence-electron chi connectivity index (χ1n) is 9.98. The molecule has 136 valence electrons. The molecule has 4 rings (SSSR count). The molecule has 5 nitrogen and oxygen atoms in total. The van der Waals surface area contributed by atoms with E-state index in [2.05, 4.69) is 16.7 Å². The van der Waals surface area contributed by atoms with E-state index in [1.165, 1.54) is 18.4 Å². The summed E-state index contributed by atoms with van der Waals surface area (Å²) in [7, 11) is 0. The second-order valence-electron chi connectivity index (χ2n) is 8.12. The Bertz CT molecular complexity index is 595. The van der Waals surface area contributed by atoms with Gasteiger partial charge in [0.05, 0.1) is 0 Å². The summed E-state index contributed by atoms with van der Waals surface area (Å²) in [4.78, 5) is 26.1. The van der Waals surface area contributed by atoms with Crippen molar-refractivity contribution in [3.63, 3.8) is 0 Å². The van der Waals surface area contributed by atoms with Crippen LogP contribution in [-0.4, -0.2) is 52.4 Å². The van der Waals surface area contributed by atoms with Crippen LogP contribution < -0.4 is 4.90 Å². The topological polar surface area (TPSA) is 49.3 Å². The lowest BCUT2D eigenvalue weighted by Crippen LogP contribution is -2.54. The summed E-state index contributed by atoms with van der Waals surface area (Å²) in [5, 5.41) is 0. The van der Waals surface area contributed by atoms with Crippen LogP contribution in [0.4, 0.5) is 5.95 Å². The minimum Gasteiger partial charge on any atom is -0.332 e. The maximum atomic E-state index is 11.5. The Hall–Kier alpha value is -1.49. The fraction of sp³-hybridized carbons (Fsp3) is 0.750. The predicted octanol–water partition coefficient (Wildman–Crippen LogP) is 3.01. The zero-order valence-electron chi connectivity index (χ0n) is 15.5. The molecule has 25 heavy (non-hydrogen) atoms. The van der Waals surface area contributed by atoms with E-state index < -0.39 is 0 Å². The number of anilines is 1. The molecule has 3 heterocycles. The number of fused-ring (bicyclic) bond motifs is 2. The van der Waals surface area contributed by atoms with Gasteiger partial charge in [0.25, 0.3) is 0 Å². The number of carbonyl (C=O) groups is 1. The number of aromatic nitrogens is 2. The first kappa shape index (κ1) is 17.0. The van der Waals surface area contributed by atoms with Gasteiger partial charge in [0.1, 0.15) is 5.78 Å². The molecule has 0 N–H and O–H groups in total. The number of Topliss-reactive ketones (excluding diaryl/α,β-unsaturated/α-hetero) is 1. The summed E-state index contributed by atoms with van der Waals surface area (Å²) in [6.07, 6.45) is 10.8. The number of hydrogen-bond donors (Lipinski definition) is 0. The molecule has 2 saturated heterocycles. The molecule has 1 saturated carbocycles. The highest BCUT2D eigenvalue weighted by molar-refractivity contribution is 5.78. The number of likely N-dealkylation sites (N-methyl/N-ethyl adjacent to an activating group) is 1. The van der Waals surface area contributed by atoms with E-state index in [-0.39, 0.29) is 5.92 Å². The molecule has 0 spiro atoms. The first-order valence-corrected chi connectivity index (χ1v) is 9.98. The lowest BCUT2D eigenvalue weighted by molar-refractivity contribution is -0.121. The summed E-state index contributed by atoms with van der Waals surface area (Å²) in [6, 6.07) is 1.16. The van der Waals surface area contributed by atoms with E-state index >= 15 is 0 Å². The second kappa shape index (κ2) is 7.02. The zero-order chi connectivity index (χ0) is 17.4. The fourth-order valence-electron chi connectivity index (χ4n) is 5.08. The smallest absolute Gasteiger partial charge is 0.225 e. The van der Waals surface area contributed by atoms with Gasteiger partial charge in [-0.25, -0.2) is 9.97 Å². The quantitative estimate of drug-likeness (QED) is 0.842. The molecule has 0 aromatic carbocycles. The molecule has 2 bridgehead atoms. The van der Waals surface area contributed by atoms with E-state index in [0.29, 0.717) is 23.8 Å². The fourth-order valence-corrected chi connectivity index (χ4v) is 5.08. The molecular weight excluding hydrogens is 312 g/mol. The number of likely N-dealkylation sites (tertiary alicyclic amines) is 1. The van der Waals surface area contributed by atoms with E-state index in [1.807, 2.05) is 12.4 Å². The Morgan fingerprint density at radius 2 is 1.64 bits per heavy atom. The highest BCUT2D eigenvalue weighted by Crippen LogP contribution is 2.37. The van der Waals surface area contributed by atoms with Crippen LogP contribution in [0.5, 0.6) is 0 Å². The van der Waals surface area contributed by atoms with Gasteiger partial charge >= 0.3 is 0 Å². The van der Waals surface area contributed by atoms with Gasteiger partial charge in [0.2, 0.25) is 5.95 Å². The zero-order valence-corrected chi connectivity index (χ0v) is 15.5. The van der Waals surface area contributed by atoms with Gasteiger partial charge in [-0.2, -0.15) is 0 Å². The van der Waals surface area contributed by atoms with Crippen LogP contribution in [0.2, 0.25) is 0 Å². The third kappa shape index (κ3) is 3.31. The van der Waals surface area contributed by atoms with Gasteiger partial charge < -0.3 is 4.90 Å². The van der Waals surface area contributed by atoms with E-state index in [1.54, 1.807) is 6.92 Å². The van der Waals surface area contributed by atoms with Crippen molar-refractivity contribution in [2.24, 2.45) is 5.92 Å². The summed E-state index contributed by atoms with van der Waals surface area (Å²) in [5.74, 6) is 2.08. The van der Waals surface area contributed by atoms with Crippen molar-refractivity contribution < 1.29 is 4.79 Å². The molecule has 0 radical (unpaired) electrons. The summed E-state index contributed by atoms with van der Waals surface area (Å²) >= 11 is 0. The molecule has 2 unspecified atom stereocenters. The van der Waals surface area contributed by atoms with Crippen LogP contribution in [0.25, 0.3) is 0 Å². The third-order valence-electron chi connectivity index (χ3n) is 6.67. The maximum absolute atomic E-state index is 11.5. The largest absolute Gasteiger partial charge is 0.332 e. The van der Waals surface area contributed by atoms with Crippen LogP contribution in [0, 0.1) is 5.92 Å². The van der Waals surface area contributed by atoms with Crippen LogP contribution in [0.15, 0.2) is 12.4 Å². The highest BCUT2D eigenvalue weighted by Gasteiger charge is 2.40. The van der Waals surface area contributed by atoms with Crippen LogP contribution >= 0.6 is 0 Å². The number of carbonyl (C=O) groups excluding carboxylic acids is 1. The van der Waals surface area contributed by atoms with Gasteiger partial charge in [-0.05, 0) is 63.5 Å². The Kier molecular flexibility index (Phi) is 4.76. The molecule has 1 aliphatic carbocycles. The van der Waals surface area contributed by atoms with Crippen molar-refractivity contribution in [2.75, 3.05) is 24.5 Å². The molecule has 3 fully saturated rings. The Morgan fingerprint density at radius 3 is 2.16 bits per heavy atom. The number of nitrogens with zero attached hydrogens (tertiary/aromatic N) is 4. The minimum atomic E-state index is 0.280. The molecule has 3 aliphatic rings. The number of piperazine rings is 1. The predicted molar refractivity (Wildman–Crippen MR) is 98.8 cm³/mol. The van der Waals surface area contributed by atoms with E-state index in [9.17, 15) is 4.79 Å². The normalized spacial score (nSPS) is 32.8. The Labute approximate surface area is 150 Å². The first-order chi connectivity index (χ1) is 12.2. The molecule has 1 aromatic heterocycles. The maximum Gasteiger partial charge on any atom is 0.225 e. The Balaban J connectivity index is 1.42. The van der Waals surface area contributed by atoms with Crippen LogP contribution in [-0.2, 0) is 4.79 Å². The van der Waals surface area contributed by atoms with Crippen LogP contribution in [0.3, 0.4) is 0 Å². The van der Waals surface area contributed by atoms with Crippen LogP contribution in [0.1, 0.15) is 63.9 Å². The average molecular weight is 342 g/mol. The summed E-state index contributed by atoms with van der Waals surface area (Å²) in [6.45, 7) is 7.42. The van der Waals surface area contributed by atoms with Gasteiger partial charge in [-0.1, -0.05) is 6.92 Å². The molecule has 5 heteroatoms. The van der Waals surface area contributed by atoms with Crippen molar-refractivity contribution in [3.8, 4) is 0 Å². The van der Waals surface area contributed by atoms with Crippen molar-refractivity contribution >= 4 is 11.7 Å². The molecule has 1 aromatic rings. The molecule has 2 atom stereocenters. The van der Waals surface area contributed by atoms with Gasteiger partial charge in [-0.3, -0.25) is 9.69 Å². The van der Waals surface area contributed by atoms with Crippen molar-refractivity contribution in [2.45, 2.75) is 70.4 Å². The SMILES string of the molecule is CCN1CC2CCC(C1)N2c1ncc([C@H]2CC[C@@H](C(C)=O)CC2)cn1. The Morgan fingerprint density at radius 1 is 1.04 bits per heavy atom. The highest BCUT2D eigenvalue weighted by atomic mass is 16.1. The van der Waals surface area contributed by atoms with E-state index in [0.717, 1.165) is 51.3 Å². The van der Waals surface area contributed by atoms with Crippen molar-refractivity contribution in [1.29, 1.82) is 0 Å². The number of ketones is 1.